The Morgan fingerprint density at radius 2 is 1.95 bits per heavy atom. The van der Waals surface area contributed by atoms with Crippen molar-refractivity contribution in [3.05, 3.63) is 11.4 Å². The number of rotatable bonds is 4. The van der Waals surface area contributed by atoms with Crippen LogP contribution in [0.15, 0.2) is 0 Å². The summed E-state index contributed by atoms with van der Waals surface area (Å²) in [7, 11) is 0. The highest BCUT2D eigenvalue weighted by Crippen LogP contribution is 2.29. The summed E-state index contributed by atoms with van der Waals surface area (Å²) >= 11 is 0. The SMILES string of the molecule is CCC1CCCC(Nc2nc(C)nc(NN)c2C)C1. The van der Waals surface area contributed by atoms with Crippen LogP contribution in [0.25, 0.3) is 0 Å². The molecule has 1 heterocycles. The predicted molar refractivity (Wildman–Crippen MR) is 79.0 cm³/mol. The van der Waals surface area contributed by atoms with Crippen LogP contribution in [0.5, 0.6) is 0 Å². The van der Waals surface area contributed by atoms with E-state index >= 15 is 0 Å². The molecule has 4 N–H and O–H groups in total. The predicted octanol–water partition coefficient (Wildman–Crippen LogP) is 2.76. The van der Waals surface area contributed by atoms with Crippen LogP contribution in [0, 0.1) is 19.8 Å². The molecule has 5 heteroatoms. The van der Waals surface area contributed by atoms with Crippen LogP contribution in [-0.2, 0) is 0 Å². The van der Waals surface area contributed by atoms with Gasteiger partial charge in [0.2, 0.25) is 0 Å². The Morgan fingerprint density at radius 3 is 2.63 bits per heavy atom. The lowest BCUT2D eigenvalue weighted by atomic mass is 9.84. The highest BCUT2D eigenvalue weighted by molar-refractivity contribution is 5.57. The second-order valence-corrected chi connectivity index (χ2v) is 5.52. The molecule has 0 aliphatic heterocycles. The minimum absolute atomic E-state index is 0.525. The summed E-state index contributed by atoms with van der Waals surface area (Å²) in [5, 5.41) is 3.58. The number of nitrogen functional groups attached to an aromatic ring is 1. The van der Waals surface area contributed by atoms with E-state index in [1.54, 1.807) is 0 Å². The molecule has 19 heavy (non-hydrogen) atoms. The van der Waals surface area contributed by atoms with E-state index < -0.39 is 0 Å². The zero-order valence-corrected chi connectivity index (χ0v) is 12.2. The Labute approximate surface area is 115 Å². The van der Waals surface area contributed by atoms with Crippen molar-refractivity contribution in [1.29, 1.82) is 0 Å². The number of nitrogens with one attached hydrogen (secondary N) is 2. The van der Waals surface area contributed by atoms with E-state index in [1.165, 1.54) is 32.1 Å². The van der Waals surface area contributed by atoms with Gasteiger partial charge >= 0.3 is 0 Å². The smallest absolute Gasteiger partial charge is 0.148 e. The zero-order valence-electron chi connectivity index (χ0n) is 12.2. The fourth-order valence-corrected chi connectivity index (χ4v) is 2.90. The van der Waals surface area contributed by atoms with Crippen LogP contribution in [0.1, 0.15) is 50.4 Å². The topological polar surface area (TPSA) is 75.9 Å². The van der Waals surface area contributed by atoms with E-state index in [0.29, 0.717) is 11.9 Å². The molecule has 1 aromatic heterocycles. The van der Waals surface area contributed by atoms with Crippen molar-refractivity contribution in [3.8, 4) is 0 Å². The van der Waals surface area contributed by atoms with Gasteiger partial charge in [0.15, 0.2) is 0 Å². The van der Waals surface area contributed by atoms with Gasteiger partial charge in [-0.3, -0.25) is 0 Å². The molecule has 2 unspecified atom stereocenters. The zero-order chi connectivity index (χ0) is 13.8. The van der Waals surface area contributed by atoms with E-state index in [9.17, 15) is 0 Å². The number of nitrogens with zero attached hydrogens (tertiary/aromatic N) is 2. The third-order valence-electron chi connectivity index (χ3n) is 4.10. The molecule has 2 rings (SSSR count). The van der Waals surface area contributed by atoms with Gasteiger partial charge < -0.3 is 10.7 Å². The van der Waals surface area contributed by atoms with Gasteiger partial charge in [0, 0.05) is 11.6 Å². The maximum Gasteiger partial charge on any atom is 0.148 e. The Kier molecular flexibility index (Phi) is 4.58. The first-order valence-corrected chi connectivity index (χ1v) is 7.22. The van der Waals surface area contributed by atoms with Gasteiger partial charge in [0.1, 0.15) is 17.5 Å². The Bertz CT molecular complexity index is 432. The number of aromatic nitrogens is 2. The summed E-state index contributed by atoms with van der Waals surface area (Å²) in [6, 6.07) is 0.525. The molecule has 0 radical (unpaired) electrons. The summed E-state index contributed by atoms with van der Waals surface area (Å²) in [5.41, 5.74) is 3.63. The molecule has 0 aromatic carbocycles. The molecule has 1 aliphatic rings. The number of hydrogen-bond donors (Lipinski definition) is 3. The Morgan fingerprint density at radius 1 is 1.21 bits per heavy atom. The summed E-state index contributed by atoms with van der Waals surface area (Å²) in [6.07, 6.45) is 6.41. The number of hydrazine groups is 1. The lowest BCUT2D eigenvalue weighted by Crippen LogP contribution is -2.28. The van der Waals surface area contributed by atoms with Crippen molar-refractivity contribution < 1.29 is 0 Å². The summed E-state index contributed by atoms with van der Waals surface area (Å²) in [6.45, 7) is 6.17. The average molecular weight is 263 g/mol. The van der Waals surface area contributed by atoms with E-state index in [4.69, 9.17) is 5.84 Å². The average Bonchev–Trinajstić information content (AvgIpc) is 2.42. The molecule has 0 bridgehead atoms. The molecule has 1 fully saturated rings. The van der Waals surface area contributed by atoms with E-state index in [2.05, 4.69) is 27.6 Å². The summed E-state index contributed by atoms with van der Waals surface area (Å²) < 4.78 is 0. The summed E-state index contributed by atoms with van der Waals surface area (Å²) in [4.78, 5) is 8.80. The standard InChI is InChI=1S/C14H25N5/c1-4-11-6-5-7-12(8-11)18-13-9(2)14(19-15)17-10(3)16-13/h11-12H,4-8,15H2,1-3H3,(H2,16,17,18,19). The fraction of sp³-hybridized carbons (Fsp3) is 0.714. The van der Waals surface area contributed by atoms with E-state index in [-0.39, 0.29) is 0 Å². The minimum atomic E-state index is 0.525. The molecule has 1 saturated carbocycles. The Balaban J connectivity index is 2.12. The van der Waals surface area contributed by atoms with Crippen molar-refractivity contribution in [2.75, 3.05) is 10.7 Å². The highest BCUT2D eigenvalue weighted by Gasteiger charge is 2.22. The molecule has 0 spiro atoms. The molecule has 5 nitrogen and oxygen atoms in total. The van der Waals surface area contributed by atoms with Crippen LogP contribution in [0.3, 0.4) is 0 Å². The summed E-state index contributed by atoms with van der Waals surface area (Å²) in [5.74, 6) is 8.71. The molecule has 1 aromatic rings. The first-order valence-electron chi connectivity index (χ1n) is 7.22. The van der Waals surface area contributed by atoms with Crippen LogP contribution < -0.4 is 16.6 Å². The Hall–Kier alpha value is -1.36. The molecular formula is C14H25N5. The van der Waals surface area contributed by atoms with Crippen LogP contribution >= 0.6 is 0 Å². The maximum absolute atomic E-state index is 5.50. The quantitative estimate of drug-likeness (QED) is 0.575. The first-order chi connectivity index (χ1) is 9.13. The third-order valence-corrected chi connectivity index (χ3v) is 4.10. The van der Waals surface area contributed by atoms with Crippen LogP contribution in [0.2, 0.25) is 0 Å². The molecule has 1 aliphatic carbocycles. The first kappa shape index (κ1) is 14.1. The lowest BCUT2D eigenvalue weighted by Gasteiger charge is -2.30. The fourth-order valence-electron chi connectivity index (χ4n) is 2.90. The molecule has 0 amide bonds. The van der Waals surface area contributed by atoms with Crippen LogP contribution in [0.4, 0.5) is 11.6 Å². The van der Waals surface area contributed by atoms with Gasteiger partial charge in [-0.15, -0.1) is 0 Å². The molecule has 2 atom stereocenters. The van der Waals surface area contributed by atoms with Crippen molar-refractivity contribution in [3.63, 3.8) is 0 Å². The van der Waals surface area contributed by atoms with Crippen molar-refractivity contribution in [2.45, 2.75) is 58.9 Å². The number of hydrogen-bond acceptors (Lipinski definition) is 5. The van der Waals surface area contributed by atoms with Gasteiger partial charge in [0.05, 0.1) is 0 Å². The number of nitrogens with two attached hydrogens (primary N) is 1. The monoisotopic (exact) mass is 263 g/mol. The van der Waals surface area contributed by atoms with Gasteiger partial charge in [-0.25, -0.2) is 15.8 Å². The lowest BCUT2D eigenvalue weighted by molar-refractivity contribution is 0.327. The van der Waals surface area contributed by atoms with Crippen molar-refractivity contribution in [2.24, 2.45) is 11.8 Å². The second-order valence-electron chi connectivity index (χ2n) is 5.52. The van der Waals surface area contributed by atoms with Gasteiger partial charge in [-0.05, 0) is 32.6 Å². The van der Waals surface area contributed by atoms with Crippen molar-refractivity contribution >= 4 is 11.6 Å². The largest absolute Gasteiger partial charge is 0.367 e. The molecular weight excluding hydrogens is 238 g/mol. The minimum Gasteiger partial charge on any atom is -0.367 e. The van der Waals surface area contributed by atoms with E-state index in [0.717, 1.165) is 23.1 Å². The van der Waals surface area contributed by atoms with Crippen LogP contribution in [-0.4, -0.2) is 16.0 Å². The second kappa shape index (κ2) is 6.19. The van der Waals surface area contributed by atoms with Gasteiger partial charge in [-0.1, -0.05) is 26.2 Å². The van der Waals surface area contributed by atoms with Crippen molar-refractivity contribution in [1.82, 2.24) is 9.97 Å². The number of anilines is 2. The highest BCUT2D eigenvalue weighted by atomic mass is 15.3. The number of aryl methyl sites for hydroxylation is 1. The third kappa shape index (κ3) is 3.35. The molecule has 0 saturated heterocycles. The maximum atomic E-state index is 5.50. The molecule has 106 valence electrons. The van der Waals surface area contributed by atoms with E-state index in [1.807, 2.05) is 13.8 Å². The van der Waals surface area contributed by atoms with Gasteiger partial charge in [-0.2, -0.15) is 0 Å². The van der Waals surface area contributed by atoms with Gasteiger partial charge in [0.25, 0.3) is 0 Å². The normalized spacial score (nSPS) is 23.2.